The zero-order chi connectivity index (χ0) is 43.0. The molecule has 0 fully saturated rings. The second-order valence-corrected chi connectivity index (χ2v) is 17.6. The van der Waals surface area contributed by atoms with Crippen LogP contribution in [0.5, 0.6) is 0 Å². The maximum atomic E-state index is 7.39. The summed E-state index contributed by atoms with van der Waals surface area (Å²) in [5, 5.41) is 2.22. The molecule has 1 unspecified atom stereocenters. The Balaban J connectivity index is 1.29. The largest absolute Gasteiger partial charge is 0.456 e. The van der Waals surface area contributed by atoms with Crippen molar-refractivity contribution < 1.29 is 4.42 Å². The van der Waals surface area contributed by atoms with Gasteiger partial charge in [-0.3, -0.25) is 0 Å². The molecular weight excluding hydrogens is 787 g/mol. The highest BCUT2D eigenvalue weighted by Gasteiger charge is 2.55. The molecule has 0 N–H and O–H groups in total. The van der Waals surface area contributed by atoms with E-state index in [0.29, 0.717) is 6.42 Å². The summed E-state index contributed by atoms with van der Waals surface area (Å²) in [6.45, 7) is 0. The third-order valence-electron chi connectivity index (χ3n) is 14.2. The van der Waals surface area contributed by atoms with Gasteiger partial charge in [-0.1, -0.05) is 212 Å². The van der Waals surface area contributed by atoms with Crippen LogP contribution in [0.15, 0.2) is 253 Å². The lowest BCUT2D eigenvalue weighted by atomic mass is 9.57. The molecule has 1 aromatic heterocycles. The summed E-state index contributed by atoms with van der Waals surface area (Å²) in [7, 11) is 0. The molecule has 0 amide bonds. The van der Waals surface area contributed by atoms with E-state index in [9.17, 15) is 0 Å². The number of nitrogens with zero attached hydrogens (tertiary/aromatic N) is 1. The second-order valence-electron chi connectivity index (χ2n) is 17.6. The lowest BCUT2D eigenvalue weighted by molar-refractivity contribution is 0.580. The van der Waals surface area contributed by atoms with Gasteiger partial charge in [-0.05, 0) is 104 Å². The number of furan rings is 1. The average molecular weight is 830 g/mol. The molecule has 1 atom stereocenters. The van der Waals surface area contributed by atoms with Crippen LogP contribution in [0, 0.1) is 0 Å². The first-order chi connectivity index (χ1) is 32.2. The normalized spacial score (nSPS) is 15.6. The van der Waals surface area contributed by atoms with Crippen LogP contribution in [-0.4, -0.2) is 0 Å². The van der Waals surface area contributed by atoms with E-state index in [-0.39, 0.29) is 0 Å². The van der Waals surface area contributed by atoms with E-state index in [1.54, 1.807) is 0 Å². The van der Waals surface area contributed by atoms with Gasteiger partial charge in [-0.15, -0.1) is 0 Å². The number of anilines is 3. The molecule has 2 aliphatic heterocycles. The van der Waals surface area contributed by atoms with Gasteiger partial charge in [0.25, 0.3) is 0 Å². The molecule has 2 nitrogen and oxygen atoms in total. The predicted octanol–water partition coefficient (Wildman–Crippen LogP) is 16.0. The fraction of sp³-hybridized carbons (Fsp3) is 0.0476. The van der Waals surface area contributed by atoms with Gasteiger partial charge in [-0.2, -0.15) is 0 Å². The summed E-state index contributed by atoms with van der Waals surface area (Å²) < 4.78 is 7.39. The highest BCUT2D eigenvalue weighted by Crippen LogP contribution is 2.67. The van der Waals surface area contributed by atoms with Crippen LogP contribution in [0.2, 0.25) is 0 Å². The molecule has 2 aliphatic rings. The minimum Gasteiger partial charge on any atom is -0.456 e. The van der Waals surface area contributed by atoms with Crippen molar-refractivity contribution in [1.82, 2.24) is 0 Å². The molecule has 11 aromatic rings. The maximum Gasteiger partial charge on any atom is 0.142 e. The molecule has 306 valence electrons. The van der Waals surface area contributed by atoms with E-state index < -0.39 is 10.8 Å². The number of rotatable bonds is 7. The lowest BCUT2D eigenvalue weighted by Gasteiger charge is -2.53. The summed E-state index contributed by atoms with van der Waals surface area (Å²) >= 11 is 0. The third-order valence-corrected chi connectivity index (χ3v) is 14.2. The Morgan fingerprint density at radius 3 is 1.43 bits per heavy atom. The number of fused-ring (bicyclic) bond motifs is 8. The van der Waals surface area contributed by atoms with Crippen LogP contribution in [-0.2, 0) is 17.3 Å². The highest BCUT2D eigenvalue weighted by atomic mass is 16.3. The Morgan fingerprint density at radius 1 is 0.369 bits per heavy atom. The molecule has 13 rings (SSSR count). The van der Waals surface area contributed by atoms with Gasteiger partial charge in [0.1, 0.15) is 11.2 Å². The molecule has 0 saturated heterocycles. The number of benzene rings is 10. The van der Waals surface area contributed by atoms with Crippen LogP contribution in [0.1, 0.15) is 44.5 Å². The maximum absolute atomic E-state index is 7.39. The standard InChI is InChI=1S/C63H43NO/c1-7-21-43(22-8-1)42-62(48-27-13-4-14-28-48)53-39-46(44-23-9-2-10-24-44)35-37-56(53)64-57-38-36-47(45-25-11-3-12-26-45)40-54(57)63(49-29-15-5-16-30-49,50-31-17-6-18-32-50)55-41-52-51-33-19-20-34-58(51)65-61(52)59(62)60(55)64/h1-41H,42H2. The Morgan fingerprint density at radius 2 is 0.846 bits per heavy atom. The lowest BCUT2D eigenvalue weighted by Crippen LogP contribution is -2.44. The fourth-order valence-electron chi connectivity index (χ4n) is 11.5. The number of para-hydroxylation sites is 1. The molecule has 0 bridgehead atoms. The van der Waals surface area contributed by atoms with Crippen molar-refractivity contribution in [3.8, 4) is 22.3 Å². The zero-order valence-corrected chi connectivity index (χ0v) is 35.7. The molecule has 10 aromatic carbocycles. The molecule has 0 saturated carbocycles. The molecule has 0 aliphatic carbocycles. The molecular formula is C63H43NO. The van der Waals surface area contributed by atoms with Gasteiger partial charge in [0.05, 0.1) is 27.9 Å². The van der Waals surface area contributed by atoms with Crippen molar-refractivity contribution in [2.45, 2.75) is 17.3 Å². The summed E-state index contributed by atoms with van der Waals surface area (Å²) in [6.07, 6.45) is 0.711. The van der Waals surface area contributed by atoms with Gasteiger partial charge < -0.3 is 9.32 Å². The Bertz CT molecular complexity index is 3510. The third kappa shape index (κ3) is 5.47. The van der Waals surface area contributed by atoms with E-state index in [1.807, 2.05) is 0 Å². The topological polar surface area (TPSA) is 16.4 Å². The van der Waals surface area contributed by atoms with E-state index in [1.165, 1.54) is 72.4 Å². The van der Waals surface area contributed by atoms with Gasteiger partial charge >= 0.3 is 0 Å². The Kier molecular flexibility index (Phi) is 8.44. The van der Waals surface area contributed by atoms with E-state index in [4.69, 9.17) is 4.42 Å². The van der Waals surface area contributed by atoms with Gasteiger partial charge in [0, 0.05) is 16.3 Å². The van der Waals surface area contributed by atoms with Crippen molar-refractivity contribution in [2.75, 3.05) is 4.90 Å². The minimum absolute atomic E-state index is 0.711. The van der Waals surface area contributed by atoms with Crippen LogP contribution in [0.4, 0.5) is 17.1 Å². The number of hydrogen-bond acceptors (Lipinski definition) is 2. The molecule has 0 spiro atoms. The van der Waals surface area contributed by atoms with Crippen LogP contribution < -0.4 is 4.90 Å². The monoisotopic (exact) mass is 829 g/mol. The predicted molar refractivity (Wildman–Crippen MR) is 268 cm³/mol. The van der Waals surface area contributed by atoms with E-state index >= 15 is 0 Å². The van der Waals surface area contributed by atoms with E-state index in [0.717, 1.165) is 33.3 Å². The SMILES string of the molecule is c1ccc(CC2(c3ccccc3)c3cc(-c4ccccc4)ccc3N3c4ccc(-c5ccccc5)cc4C(c4ccccc4)(c4ccccc4)c4cc5c(oc6ccccc65)c2c43)cc1. The van der Waals surface area contributed by atoms with Crippen molar-refractivity contribution in [3.05, 3.63) is 293 Å². The average Bonchev–Trinajstić information content (AvgIpc) is 3.76. The molecule has 2 heteroatoms. The van der Waals surface area contributed by atoms with Crippen LogP contribution >= 0.6 is 0 Å². The molecule has 65 heavy (non-hydrogen) atoms. The first-order valence-corrected chi connectivity index (χ1v) is 22.6. The van der Waals surface area contributed by atoms with Crippen molar-refractivity contribution in [2.24, 2.45) is 0 Å². The minimum atomic E-state index is -0.744. The summed E-state index contributed by atoms with van der Waals surface area (Å²) in [5.74, 6) is 0. The summed E-state index contributed by atoms with van der Waals surface area (Å²) in [5.41, 5.74) is 18.3. The second kappa shape index (κ2) is 14.7. The smallest absolute Gasteiger partial charge is 0.142 e. The highest BCUT2D eigenvalue weighted by molar-refractivity contribution is 6.12. The van der Waals surface area contributed by atoms with Gasteiger partial charge in [-0.25, -0.2) is 0 Å². The van der Waals surface area contributed by atoms with Crippen molar-refractivity contribution in [1.29, 1.82) is 0 Å². The van der Waals surface area contributed by atoms with Crippen molar-refractivity contribution >= 4 is 39.0 Å². The molecule has 0 radical (unpaired) electrons. The Labute approximate surface area is 379 Å². The van der Waals surface area contributed by atoms with Gasteiger partial charge in [0.2, 0.25) is 0 Å². The summed E-state index contributed by atoms with van der Waals surface area (Å²) in [4.78, 5) is 2.60. The summed E-state index contributed by atoms with van der Waals surface area (Å²) in [6, 6.07) is 91.9. The first kappa shape index (κ1) is 37.4. The first-order valence-electron chi connectivity index (χ1n) is 22.6. The quantitative estimate of drug-likeness (QED) is 0.159. The van der Waals surface area contributed by atoms with Crippen LogP contribution in [0.3, 0.4) is 0 Å². The fourth-order valence-corrected chi connectivity index (χ4v) is 11.5. The van der Waals surface area contributed by atoms with E-state index in [2.05, 4.69) is 254 Å². The molecule has 3 heterocycles. The van der Waals surface area contributed by atoms with Crippen LogP contribution in [0.25, 0.3) is 44.2 Å². The van der Waals surface area contributed by atoms with Crippen molar-refractivity contribution in [3.63, 3.8) is 0 Å². The Hall–Kier alpha value is -8.20. The van der Waals surface area contributed by atoms with Gasteiger partial charge in [0.15, 0.2) is 0 Å². The zero-order valence-electron chi connectivity index (χ0n) is 35.7. The number of hydrogen-bond donors (Lipinski definition) is 0.